The molecule has 0 saturated carbocycles. The quantitative estimate of drug-likeness (QED) is 0.211. The van der Waals surface area contributed by atoms with Gasteiger partial charge in [0.1, 0.15) is 12.7 Å². The third-order valence-corrected chi connectivity index (χ3v) is 4.57. The largest absolute Gasteiger partial charge is 0.471 e. The van der Waals surface area contributed by atoms with Crippen LogP contribution in [0.25, 0.3) is 0 Å². The van der Waals surface area contributed by atoms with Gasteiger partial charge in [0.25, 0.3) is 0 Å². The number of amides is 1. The first-order valence-corrected chi connectivity index (χ1v) is 11.1. The van der Waals surface area contributed by atoms with Crippen LogP contribution in [-0.2, 0) is 37.3 Å². The van der Waals surface area contributed by atoms with E-state index in [-0.39, 0.29) is 25.9 Å². The Morgan fingerprint density at radius 1 is 0.931 bits per heavy atom. The van der Waals surface area contributed by atoms with Gasteiger partial charge >= 0.3 is 13.9 Å². The SMILES string of the molecule is COCCOCC(COC(=O)NCCCCCCOP(=O)(O)OC)OCCOC. The molecule has 0 aromatic heterocycles. The van der Waals surface area contributed by atoms with Crippen LogP contribution >= 0.6 is 7.82 Å². The molecule has 0 rings (SSSR count). The van der Waals surface area contributed by atoms with Gasteiger partial charge in [-0.3, -0.25) is 9.05 Å². The smallest absolute Gasteiger partial charge is 0.447 e. The predicted octanol–water partition coefficient (Wildman–Crippen LogP) is 1.73. The number of carbonyl (C=O) groups excluding carboxylic acids is 1. The summed E-state index contributed by atoms with van der Waals surface area (Å²) in [6.07, 6.45) is 2.11. The Balaban J connectivity index is 3.78. The van der Waals surface area contributed by atoms with E-state index in [1.807, 2.05) is 0 Å². The van der Waals surface area contributed by atoms with Gasteiger partial charge < -0.3 is 33.9 Å². The molecule has 2 unspecified atom stereocenters. The van der Waals surface area contributed by atoms with Crippen molar-refractivity contribution in [1.82, 2.24) is 5.32 Å². The van der Waals surface area contributed by atoms with E-state index >= 15 is 0 Å². The summed E-state index contributed by atoms with van der Waals surface area (Å²) in [5.41, 5.74) is 0. The monoisotopic (exact) mass is 445 g/mol. The highest BCUT2D eigenvalue weighted by molar-refractivity contribution is 7.47. The van der Waals surface area contributed by atoms with Gasteiger partial charge in [-0.15, -0.1) is 0 Å². The molecule has 0 saturated heterocycles. The van der Waals surface area contributed by atoms with Crippen molar-refractivity contribution in [1.29, 1.82) is 0 Å². The molecule has 0 bridgehead atoms. The standard InChI is InChI=1S/C17H36NO10P/c1-22-10-12-25-14-16(26-13-11-23-2)15-27-17(19)18-8-6-4-5-7-9-28-29(20,21)24-3/h16H,4-15H2,1-3H3,(H,18,19)(H,20,21). The zero-order valence-electron chi connectivity index (χ0n) is 17.6. The highest BCUT2D eigenvalue weighted by Gasteiger charge is 2.17. The number of carbonyl (C=O) groups is 1. The molecule has 0 radical (unpaired) electrons. The van der Waals surface area contributed by atoms with Gasteiger partial charge in [0.05, 0.1) is 39.6 Å². The highest BCUT2D eigenvalue weighted by Crippen LogP contribution is 2.41. The molecule has 12 heteroatoms. The summed E-state index contributed by atoms with van der Waals surface area (Å²) in [6, 6.07) is 0. The van der Waals surface area contributed by atoms with Crippen molar-refractivity contribution in [2.45, 2.75) is 31.8 Å². The van der Waals surface area contributed by atoms with E-state index in [9.17, 15) is 9.36 Å². The first-order chi connectivity index (χ1) is 13.9. The Bertz CT molecular complexity index is 440. The van der Waals surface area contributed by atoms with Crippen LogP contribution in [0, 0.1) is 0 Å². The average molecular weight is 445 g/mol. The van der Waals surface area contributed by atoms with Crippen LogP contribution in [0.4, 0.5) is 4.79 Å². The molecular formula is C17H36NO10P. The summed E-state index contributed by atoms with van der Waals surface area (Å²) in [5.74, 6) is 0. The highest BCUT2D eigenvalue weighted by atomic mass is 31.2. The normalized spacial score (nSPS) is 14.3. The lowest BCUT2D eigenvalue weighted by atomic mass is 10.2. The summed E-state index contributed by atoms with van der Waals surface area (Å²) in [5, 5.41) is 2.67. The fourth-order valence-electron chi connectivity index (χ4n) is 2.02. The second-order valence-corrected chi connectivity index (χ2v) is 7.54. The topological polar surface area (TPSA) is 131 Å². The molecule has 2 N–H and O–H groups in total. The van der Waals surface area contributed by atoms with Crippen molar-refractivity contribution in [2.75, 3.05) is 74.1 Å². The second kappa shape index (κ2) is 19.2. The molecule has 174 valence electrons. The number of phosphoric ester groups is 1. The maximum atomic E-state index is 11.8. The third-order valence-electron chi connectivity index (χ3n) is 3.60. The van der Waals surface area contributed by atoms with Crippen LogP contribution in [0.3, 0.4) is 0 Å². The molecule has 0 aromatic carbocycles. The zero-order chi connectivity index (χ0) is 21.8. The van der Waals surface area contributed by atoms with Crippen molar-refractivity contribution >= 4 is 13.9 Å². The van der Waals surface area contributed by atoms with E-state index in [4.69, 9.17) is 33.1 Å². The summed E-state index contributed by atoms with van der Waals surface area (Å²) >= 11 is 0. The number of rotatable bonds is 20. The lowest BCUT2D eigenvalue weighted by Gasteiger charge is -2.18. The Morgan fingerprint density at radius 2 is 1.62 bits per heavy atom. The van der Waals surface area contributed by atoms with Gasteiger partial charge in [0.15, 0.2) is 0 Å². The maximum Gasteiger partial charge on any atom is 0.471 e. The van der Waals surface area contributed by atoms with E-state index in [1.54, 1.807) is 14.2 Å². The third kappa shape index (κ3) is 19.0. The number of phosphoric acid groups is 1. The van der Waals surface area contributed by atoms with Gasteiger partial charge in [-0.1, -0.05) is 12.8 Å². The van der Waals surface area contributed by atoms with Gasteiger partial charge in [0.2, 0.25) is 0 Å². The van der Waals surface area contributed by atoms with Crippen molar-refractivity contribution in [3.05, 3.63) is 0 Å². The molecule has 0 aliphatic heterocycles. The van der Waals surface area contributed by atoms with Crippen LogP contribution < -0.4 is 5.32 Å². The molecule has 0 aromatic rings. The minimum Gasteiger partial charge on any atom is -0.447 e. The van der Waals surface area contributed by atoms with Crippen LogP contribution in [0.2, 0.25) is 0 Å². The summed E-state index contributed by atoms with van der Waals surface area (Å²) in [6.45, 7) is 2.69. The molecule has 0 aliphatic carbocycles. The molecule has 0 spiro atoms. The number of nitrogens with one attached hydrogen (secondary N) is 1. The Hall–Kier alpha value is -0.780. The lowest BCUT2D eigenvalue weighted by molar-refractivity contribution is -0.0624. The Labute approximate surface area is 172 Å². The predicted molar refractivity (Wildman–Crippen MR) is 105 cm³/mol. The maximum absolute atomic E-state index is 11.8. The molecule has 2 atom stereocenters. The van der Waals surface area contributed by atoms with Gasteiger partial charge in [-0.2, -0.15) is 0 Å². The van der Waals surface area contributed by atoms with Gasteiger partial charge in [-0.05, 0) is 12.8 Å². The first-order valence-electron chi connectivity index (χ1n) is 9.56. The van der Waals surface area contributed by atoms with Crippen LogP contribution in [0.1, 0.15) is 25.7 Å². The second-order valence-electron chi connectivity index (χ2n) is 5.98. The zero-order valence-corrected chi connectivity index (χ0v) is 18.5. The van der Waals surface area contributed by atoms with Crippen molar-refractivity contribution in [3.63, 3.8) is 0 Å². The molecule has 29 heavy (non-hydrogen) atoms. The van der Waals surface area contributed by atoms with Crippen molar-refractivity contribution < 1.29 is 47.0 Å². The van der Waals surface area contributed by atoms with Crippen molar-refractivity contribution in [2.24, 2.45) is 0 Å². The number of alkyl carbamates (subject to hydrolysis) is 1. The molecular weight excluding hydrogens is 409 g/mol. The average Bonchev–Trinajstić information content (AvgIpc) is 2.70. The first kappa shape index (κ1) is 28.2. The molecule has 1 amide bonds. The Kier molecular flexibility index (Phi) is 18.7. The molecule has 0 heterocycles. The van der Waals surface area contributed by atoms with E-state index in [2.05, 4.69) is 9.84 Å². The van der Waals surface area contributed by atoms with E-state index in [1.165, 1.54) is 0 Å². The summed E-state index contributed by atoms with van der Waals surface area (Å²) < 4.78 is 46.1. The molecule has 11 nitrogen and oxygen atoms in total. The number of methoxy groups -OCH3 is 2. The lowest BCUT2D eigenvalue weighted by Crippen LogP contribution is -2.33. The van der Waals surface area contributed by atoms with Crippen LogP contribution in [0.15, 0.2) is 0 Å². The summed E-state index contributed by atoms with van der Waals surface area (Å²) in [4.78, 5) is 20.8. The molecule has 0 aliphatic rings. The Morgan fingerprint density at radius 3 is 2.31 bits per heavy atom. The fraction of sp³-hybridized carbons (Fsp3) is 0.941. The van der Waals surface area contributed by atoms with E-state index in [0.717, 1.165) is 26.4 Å². The number of hydrogen-bond acceptors (Lipinski definition) is 9. The van der Waals surface area contributed by atoms with Gasteiger partial charge in [-0.25, -0.2) is 9.36 Å². The van der Waals surface area contributed by atoms with Gasteiger partial charge in [0, 0.05) is 27.9 Å². The van der Waals surface area contributed by atoms with E-state index < -0.39 is 13.9 Å². The number of unbranched alkanes of at least 4 members (excludes halogenated alkanes) is 3. The minimum absolute atomic E-state index is 0.0700. The molecule has 0 fully saturated rings. The number of ether oxygens (including phenoxy) is 5. The van der Waals surface area contributed by atoms with Crippen LogP contribution in [0.5, 0.6) is 0 Å². The van der Waals surface area contributed by atoms with Crippen LogP contribution in [-0.4, -0.2) is 91.2 Å². The number of hydrogen-bond donors (Lipinski definition) is 2. The van der Waals surface area contributed by atoms with Crippen molar-refractivity contribution in [3.8, 4) is 0 Å². The summed E-state index contributed by atoms with van der Waals surface area (Å²) in [7, 11) is 0.397. The fourth-order valence-corrected chi connectivity index (χ4v) is 2.49. The van der Waals surface area contributed by atoms with E-state index in [0.29, 0.717) is 39.4 Å². The minimum atomic E-state index is -3.89.